The maximum absolute atomic E-state index is 15.1. The van der Waals surface area contributed by atoms with E-state index in [1.54, 1.807) is 0 Å². The number of benzene rings is 1. The fourth-order valence-electron chi connectivity index (χ4n) is 3.35. The predicted molar refractivity (Wildman–Crippen MR) is 121 cm³/mol. The highest BCUT2D eigenvalue weighted by atomic mass is 32.2. The van der Waals surface area contributed by atoms with Crippen LogP contribution in [0.4, 0.5) is 20.3 Å². The molecule has 0 saturated heterocycles. The van der Waals surface area contributed by atoms with E-state index in [0.29, 0.717) is 29.8 Å². The van der Waals surface area contributed by atoms with Crippen LogP contribution in [0.3, 0.4) is 0 Å². The van der Waals surface area contributed by atoms with Crippen molar-refractivity contribution >= 4 is 39.3 Å². The van der Waals surface area contributed by atoms with Gasteiger partial charge in [0.25, 0.3) is 0 Å². The van der Waals surface area contributed by atoms with Crippen molar-refractivity contribution in [2.24, 2.45) is 0 Å². The minimum absolute atomic E-state index is 0.00376. The van der Waals surface area contributed by atoms with Crippen molar-refractivity contribution in [3.05, 3.63) is 64.9 Å². The van der Waals surface area contributed by atoms with Gasteiger partial charge >= 0.3 is 0 Å². The molecule has 33 heavy (non-hydrogen) atoms. The van der Waals surface area contributed by atoms with Gasteiger partial charge in [0.1, 0.15) is 34.6 Å². The van der Waals surface area contributed by atoms with E-state index in [1.807, 2.05) is 19.9 Å². The summed E-state index contributed by atoms with van der Waals surface area (Å²) in [5.41, 5.74) is 0.959. The molecule has 4 aromatic rings. The van der Waals surface area contributed by atoms with Crippen molar-refractivity contribution in [2.75, 3.05) is 15.8 Å². The van der Waals surface area contributed by atoms with Gasteiger partial charge in [-0.25, -0.2) is 23.0 Å². The first-order valence-corrected chi connectivity index (χ1v) is 11.5. The number of carbonyl (C=O) groups excluding carboxylic acids is 1. The zero-order valence-electron chi connectivity index (χ0n) is 17.8. The Morgan fingerprint density at radius 3 is 2.79 bits per heavy atom. The highest BCUT2D eigenvalue weighted by Crippen LogP contribution is 2.29. The summed E-state index contributed by atoms with van der Waals surface area (Å²) in [6.07, 6.45) is 3.25. The molecule has 0 aliphatic heterocycles. The first-order valence-electron chi connectivity index (χ1n) is 10.1. The molecule has 172 valence electrons. The van der Waals surface area contributed by atoms with Crippen LogP contribution in [0.5, 0.6) is 0 Å². The third kappa shape index (κ3) is 4.60. The average Bonchev–Trinajstić information content (AvgIpc) is 3.41. The van der Waals surface area contributed by atoms with E-state index < -0.39 is 34.0 Å². The molecule has 4 N–H and O–H groups in total. The molecule has 0 aliphatic carbocycles. The van der Waals surface area contributed by atoms with E-state index in [2.05, 4.69) is 35.2 Å². The molecule has 1 atom stereocenters. The number of ketones is 1. The summed E-state index contributed by atoms with van der Waals surface area (Å²) in [7, 11) is -1.56. The zero-order valence-corrected chi connectivity index (χ0v) is 18.6. The summed E-state index contributed by atoms with van der Waals surface area (Å²) in [6.45, 7) is 4.00. The van der Waals surface area contributed by atoms with Gasteiger partial charge in [-0.3, -0.25) is 9.89 Å². The van der Waals surface area contributed by atoms with Crippen LogP contribution in [0.25, 0.3) is 11.0 Å². The largest absolute Gasteiger partial charge is 0.364 e. The molecule has 3 heterocycles. The molecule has 0 radical (unpaired) electrons. The fraction of sp³-hybridized carbons (Fsp3) is 0.238. The number of nitrogens with one attached hydrogen (secondary N) is 4. The molecule has 4 rings (SSSR count). The molecule has 12 heteroatoms. The van der Waals surface area contributed by atoms with Gasteiger partial charge in [-0.1, -0.05) is 6.92 Å². The fourth-order valence-corrected chi connectivity index (χ4v) is 4.22. The summed E-state index contributed by atoms with van der Waals surface area (Å²) in [5.74, 6) is -2.45. The van der Waals surface area contributed by atoms with Gasteiger partial charge in [-0.15, -0.1) is 0 Å². The van der Waals surface area contributed by atoms with Crippen LogP contribution in [0, 0.1) is 18.6 Å². The Labute approximate surface area is 190 Å². The van der Waals surface area contributed by atoms with E-state index in [1.165, 1.54) is 12.5 Å². The molecule has 0 aliphatic rings. The number of halogens is 2. The lowest BCUT2D eigenvalue weighted by atomic mass is 10.0. The molecule has 9 nitrogen and oxygen atoms in total. The zero-order chi connectivity index (χ0) is 23.5. The number of aromatic nitrogens is 5. The number of hydrogen-bond acceptors (Lipinski definition) is 6. The average molecular weight is 474 g/mol. The van der Waals surface area contributed by atoms with Crippen molar-refractivity contribution in [3.63, 3.8) is 0 Å². The van der Waals surface area contributed by atoms with E-state index in [0.717, 1.165) is 23.5 Å². The Morgan fingerprint density at radius 2 is 2.06 bits per heavy atom. The van der Waals surface area contributed by atoms with Crippen LogP contribution in [-0.4, -0.2) is 40.9 Å². The monoisotopic (exact) mass is 473 g/mol. The van der Waals surface area contributed by atoms with Crippen LogP contribution in [0.2, 0.25) is 0 Å². The SMILES string of the molecule is CCCS(=O)Nc1ccc(F)c(C(=O)c2c[nH]c3ncnc(NCc4cc(C)[nH]n4)c23)c1F. The summed E-state index contributed by atoms with van der Waals surface area (Å²) in [5, 5.41) is 10.3. The van der Waals surface area contributed by atoms with Gasteiger partial charge in [0.05, 0.1) is 34.4 Å². The molecular weight excluding hydrogens is 452 g/mol. The van der Waals surface area contributed by atoms with Crippen LogP contribution >= 0.6 is 0 Å². The normalized spacial score (nSPS) is 12.1. The minimum atomic E-state index is -1.56. The van der Waals surface area contributed by atoms with Gasteiger partial charge in [-0.05, 0) is 31.5 Å². The number of fused-ring (bicyclic) bond motifs is 1. The summed E-state index contributed by atoms with van der Waals surface area (Å²) in [6, 6.07) is 3.93. The molecular formula is C21H21F2N7O2S. The van der Waals surface area contributed by atoms with Gasteiger partial charge in [0.2, 0.25) is 5.78 Å². The number of hydrogen-bond donors (Lipinski definition) is 4. The van der Waals surface area contributed by atoms with Gasteiger partial charge in [0, 0.05) is 17.6 Å². The lowest BCUT2D eigenvalue weighted by Gasteiger charge is -2.11. The number of nitrogens with zero attached hydrogens (tertiary/aromatic N) is 3. The van der Waals surface area contributed by atoms with E-state index in [9.17, 15) is 13.4 Å². The highest BCUT2D eigenvalue weighted by Gasteiger charge is 2.26. The third-order valence-electron chi connectivity index (χ3n) is 4.84. The van der Waals surface area contributed by atoms with Gasteiger partial charge < -0.3 is 15.0 Å². The molecule has 0 saturated carbocycles. The molecule has 0 spiro atoms. The maximum Gasteiger partial charge on any atom is 0.201 e. The topological polar surface area (TPSA) is 128 Å². The Bertz CT molecular complexity index is 1350. The Balaban J connectivity index is 1.71. The molecule has 3 aromatic heterocycles. The lowest BCUT2D eigenvalue weighted by molar-refractivity contribution is 0.103. The number of H-pyrrole nitrogens is 2. The van der Waals surface area contributed by atoms with Gasteiger partial charge in [-0.2, -0.15) is 5.10 Å². The van der Waals surface area contributed by atoms with Crippen LogP contribution in [0.1, 0.15) is 40.7 Å². The molecule has 0 fully saturated rings. The first kappa shape index (κ1) is 22.5. The minimum Gasteiger partial charge on any atom is -0.364 e. The summed E-state index contributed by atoms with van der Waals surface area (Å²) in [4.78, 5) is 24.4. The standard InChI is InChI=1S/C21H21F2N7O2S/c1-3-6-33(32)30-15-5-4-14(22)17(18(15)23)19(31)13-9-25-21-16(13)20(26-10-27-21)24-8-12-7-11(2)28-29-12/h4-5,7,9-10,30H,3,6,8H2,1-2H3,(H,28,29)(H2,24,25,26,27). The Morgan fingerprint density at radius 1 is 1.24 bits per heavy atom. The lowest BCUT2D eigenvalue weighted by Crippen LogP contribution is -2.14. The molecule has 1 aromatic carbocycles. The smallest absolute Gasteiger partial charge is 0.201 e. The highest BCUT2D eigenvalue weighted by molar-refractivity contribution is 7.86. The number of rotatable bonds is 9. The summed E-state index contributed by atoms with van der Waals surface area (Å²) < 4.78 is 44.2. The second-order valence-corrected chi connectivity index (χ2v) is 8.61. The molecule has 0 amide bonds. The van der Waals surface area contributed by atoms with Crippen LogP contribution < -0.4 is 10.0 Å². The van der Waals surface area contributed by atoms with Crippen molar-refractivity contribution in [2.45, 2.75) is 26.8 Å². The van der Waals surface area contributed by atoms with Crippen LogP contribution in [0.15, 0.2) is 30.7 Å². The van der Waals surface area contributed by atoms with E-state index >= 15 is 4.39 Å². The molecule has 0 bridgehead atoms. The van der Waals surface area contributed by atoms with E-state index in [4.69, 9.17) is 0 Å². The van der Waals surface area contributed by atoms with Crippen molar-refractivity contribution in [1.29, 1.82) is 0 Å². The van der Waals surface area contributed by atoms with Crippen molar-refractivity contribution in [3.8, 4) is 0 Å². The number of aryl methyl sites for hydroxylation is 1. The predicted octanol–water partition coefficient (Wildman–Crippen LogP) is 3.60. The van der Waals surface area contributed by atoms with Gasteiger partial charge in [0.15, 0.2) is 5.82 Å². The first-order chi connectivity index (χ1) is 15.9. The third-order valence-corrected chi connectivity index (χ3v) is 6.07. The molecule has 1 unspecified atom stereocenters. The van der Waals surface area contributed by atoms with Crippen molar-refractivity contribution < 1.29 is 17.8 Å². The van der Waals surface area contributed by atoms with Crippen molar-refractivity contribution in [1.82, 2.24) is 25.1 Å². The van der Waals surface area contributed by atoms with Crippen LogP contribution in [-0.2, 0) is 17.5 Å². The second kappa shape index (κ2) is 9.45. The maximum atomic E-state index is 15.1. The second-order valence-electron chi connectivity index (χ2n) is 7.31. The Hall–Kier alpha value is -3.67. The van der Waals surface area contributed by atoms with E-state index in [-0.39, 0.29) is 17.0 Å². The number of carbonyl (C=O) groups is 1. The Kier molecular flexibility index (Phi) is 6.45. The summed E-state index contributed by atoms with van der Waals surface area (Å²) >= 11 is 0. The number of anilines is 2. The quantitative estimate of drug-likeness (QED) is 0.275. The number of aromatic amines is 2.